The lowest BCUT2D eigenvalue weighted by atomic mass is 9.74. The third kappa shape index (κ3) is 3.71. The normalized spacial score (nSPS) is 12.0. The molecule has 0 radical (unpaired) electrons. The van der Waals surface area contributed by atoms with Gasteiger partial charge in [-0.1, -0.05) is 0 Å². The van der Waals surface area contributed by atoms with Crippen LogP contribution in [0, 0.1) is 5.41 Å². The van der Waals surface area contributed by atoms with Gasteiger partial charge in [-0.2, -0.15) is 0 Å². The van der Waals surface area contributed by atoms with Crippen molar-refractivity contribution in [2.75, 3.05) is 0 Å². The lowest BCUT2D eigenvalue weighted by molar-refractivity contribution is -0.150. The summed E-state index contributed by atoms with van der Waals surface area (Å²) in [6.45, 7) is 9.38. The molecule has 0 fully saturated rings. The molecule has 1 heterocycles. The Kier molecular flexibility index (Phi) is 4.93. The van der Waals surface area contributed by atoms with E-state index in [2.05, 4.69) is 20.8 Å². The van der Waals surface area contributed by atoms with Gasteiger partial charge in [-0.15, -0.1) is 10.2 Å². The van der Waals surface area contributed by atoms with Crippen molar-refractivity contribution in [1.82, 2.24) is 25.4 Å². The molecule has 0 aromatic carbocycles. The third-order valence-corrected chi connectivity index (χ3v) is 3.97. The highest BCUT2D eigenvalue weighted by Crippen LogP contribution is 2.30. The molecule has 8 heteroatoms. The number of carboxylic acid groups (broad SMARTS) is 1. The van der Waals surface area contributed by atoms with Crippen LogP contribution in [0.3, 0.4) is 0 Å². The Morgan fingerprint density at radius 2 is 1.95 bits per heavy atom. The first-order valence-electron chi connectivity index (χ1n) is 6.78. The predicted molar refractivity (Wildman–Crippen MR) is 76.6 cm³/mol. The summed E-state index contributed by atoms with van der Waals surface area (Å²) in [5.41, 5.74) is -2.02. The number of carbonyl (C=O) groups excluding carboxylic acids is 1. The number of carboxylic acids is 1. The molecule has 0 bridgehead atoms. The second-order valence-corrected chi connectivity index (χ2v) is 5.90. The van der Waals surface area contributed by atoms with Gasteiger partial charge in [-0.05, 0) is 34.6 Å². The van der Waals surface area contributed by atoms with Crippen LogP contribution in [0.1, 0.15) is 40.4 Å². The lowest BCUT2D eigenvalue weighted by Gasteiger charge is -2.38. The van der Waals surface area contributed by atoms with E-state index in [1.165, 1.54) is 0 Å². The minimum atomic E-state index is -1.10. The smallest absolute Gasteiger partial charge is 0.315 e. The monoisotopic (exact) mass is 297 g/mol. The summed E-state index contributed by atoms with van der Waals surface area (Å²) in [7, 11) is 0. The van der Waals surface area contributed by atoms with Gasteiger partial charge in [-0.3, -0.25) is 4.79 Å². The Bertz CT molecular complexity index is 522. The van der Waals surface area contributed by atoms with Gasteiger partial charge >= 0.3 is 12.0 Å². The standard InChI is InChI=1S/C13H23N5O3/c1-6-18-8-15-17-9(18)7-14-11(21)16-13(4,5)12(2,3)10(19)20/h8H,6-7H2,1-5H3,(H,19,20)(H2,14,16,21). The fraction of sp³-hybridized carbons (Fsp3) is 0.692. The summed E-state index contributed by atoms with van der Waals surface area (Å²) in [5, 5.41) is 22.3. The Balaban J connectivity index is 2.63. The van der Waals surface area contributed by atoms with Crippen LogP contribution < -0.4 is 10.6 Å². The number of aryl methyl sites for hydroxylation is 1. The average Bonchev–Trinajstić information content (AvgIpc) is 2.82. The number of nitrogens with zero attached hydrogens (tertiary/aromatic N) is 3. The number of nitrogens with one attached hydrogen (secondary N) is 2. The van der Waals surface area contributed by atoms with Crippen LogP contribution in [0.15, 0.2) is 6.33 Å². The van der Waals surface area contributed by atoms with Crippen molar-refractivity contribution in [1.29, 1.82) is 0 Å². The van der Waals surface area contributed by atoms with Crippen molar-refractivity contribution in [3.63, 3.8) is 0 Å². The first-order valence-corrected chi connectivity index (χ1v) is 6.78. The highest BCUT2D eigenvalue weighted by atomic mass is 16.4. The second-order valence-electron chi connectivity index (χ2n) is 5.90. The van der Waals surface area contributed by atoms with Gasteiger partial charge in [0.1, 0.15) is 6.33 Å². The minimum Gasteiger partial charge on any atom is -0.481 e. The molecule has 0 aliphatic heterocycles. The molecule has 2 amide bonds. The Hall–Kier alpha value is -2.12. The van der Waals surface area contributed by atoms with Gasteiger partial charge in [0.2, 0.25) is 0 Å². The van der Waals surface area contributed by atoms with E-state index in [9.17, 15) is 14.7 Å². The van der Waals surface area contributed by atoms with Crippen molar-refractivity contribution >= 4 is 12.0 Å². The first-order chi connectivity index (χ1) is 9.61. The predicted octanol–water partition coefficient (Wildman–Crippen LogP) is 0.987. The van der Waals surface area contributed by atoms with Gasteiger partial charge in [0.25, 0.3) is 0 Å². The molecule has 1 aromatic heterocycles. The summed E-state index contributed by atoms with van der Waals surface area (Å²) in [5.74, 6) is -0.332. The molecule has 0 spiro atoms. The highest BCUT2D eigenvalue weighted by Gasteiger charge is 2.44. The fourth-order valence-electron chi connectivity index (χ4n) is 1.59. The lowest BCUT2D eigenvalue weighted by Crippen LogP contribution is -2.59. The van der Waals surface area contributed by atoms with Gasteiger partial charge < -0.3 is 20.3 Å². The van der Waals surface area contributed by atoms with Crippen molar-refractivity contribution in [3.05, 3.63) is 12.2 Å². The molecule has 0 unspecified atom stereocenters. The van der Waals surface area contributed by atoms with Crippen molar-refractivity contribution in [3.8, 4) is 0 Å². The molecule has 21 heavy (non-hydrogen) atoms. The molecule has 0 saturated carbocycles. The quantitative estimate of drug-likeness (QED) is 0.725. The number of amides is 2. The van der Waals surface area contributed by atoms with Crippen LogP contribution in [0.2, 0.25) is 0 Å². The van der Waals surface area contributed by atoms with E-state index in [4.69, 9.17) is 0 Å². The van der Waals surface area contributed by atoms with E-state index in [1.807, 2.05) is 11.5 Å². The average molecular weight is 297 g/mol. The molecule has 1 aromatic rings. The topological polar surface area (TPSA) is 109 Å². The van der Waals surface area contributed by atoms with E-state index < -0.39 is 23.0 Å². The molecular weight excluding hydrogens is 274 g/mol. The summed E-state index contributed by atoms with van der Waals surface area (Å²) >= 11 is 0. The Labute approximate surface area is 123 Å². The molecule has 0 atom stereocenters. The largest absolute Gasteiger partial charge is 0.481 e. The van der Waals surface area contributed by atoms with Crippen LogP contribution in [-0.2, 0) is 17.9 Å². The van der Waals surface area contributed by atoms with Gasteiger partial charge in [0.15, 0.2) is 5.82 Å². The number of hydrogen-bond acceptors (Lipinski definition) is 4. The zero-order valence-electron chi connectivity index (χ0n) is 13.1. The van der Waals surface area contributed by atoms with Crippen LogP contribution in [0.5, 0.6) is 0 Å². The van der Waals surface area contributed by atoms with Gasteiger partial charge in [0, 0.05) is 6.54 Å². The molecule has 0 aliphatic carbocycles. The Morgan fingerprint density at radius 1 is 1.33 bits per heavy atom. The zero-order valence-corrected chi connectivity index (χ0v) is 13.1. The Morgan fingerprint density at radius 3 is 2.48 bits per heavy atom. The molecule has 8 nitrogen and oxygen atoms in total. The van der Waals surface area contributed by atoms with E-state index in [1.54, 1.807) is 34.0 Å². The SMILES string of the molecule is CCn1cnnc1CNC(=O)NC(C)(C)C(C)(C)C(=O)O. The second kappa shape index (κ2) is 6.11. The zero-order chi connectivity index (χ0) is 16.3. The van der Waals surface area contributed by atoms with Crippen molar-refractivity contribution in [2.45, 2.75) is 53.2 Å². The maximum atomic E-state index is 12.0. The molecule has 0 aliphatic rings. The summed E-state index contributed by atoms with van der Waals surface area (Å²) in [6.07, 6.45) is 1.59. The molecule has 0 saturated heterocycles. The van der Waals surface area contributed by atoms with Crippen LogP contribution in [0.4, 0.5) is 4.79 Å². The third-order valence-electron chi connectivity index (χ3n) is 3.97. The molecular formula is C13H23N5O3. The number of carbonyl (C=O) groups is 2. The van der Waals surface area contributed by atoms with E-state index in [0.717, 1.165) is 0 Å². The number of rotatable bonds is 6. The van der Waals surface area contributed by atoms with E-state index >= 15 is 0 Å². The first kappa shape index (κ1) is 16.9. The summed E-state index contributed by atoms with van der Waals surface area (Å²) in [4.78, 5) is 23.2. The van der Waals surface area contributed by atoms with Gasteiger partial charge in [0.05, 0.1) is 17.5 Å². The molecule has 1 rings (SSSR count). The van der Waals surface area contributed by atoms with Crippen molar-refractivity contribution in [2.24, 2.45) is 5.41 Å². The van der Waals surface area contributed by atoms with Crippen LogP contribution in [-0.4, -0.2) is 37.4 Å². The van der Waals surface area contributed by atoms with E-state index in [-0.39, 0.29) is 6.54 Å². The van der Waals surface area contributed by atoms with Crippen LogP contribution >= 0.6 is 0 Å². The minimum absolute atomic E-state index is 0.225. The number of hydrogen-bond donors (Lipinski definition) is 3. The van der Waals surface area contributed by atoms with Crippen LogP contribution in [0.25, 0.3) is 0 Å². The summed E-state index contributed by atoms with van der Waals surface area (Å²) in [6, 6.07) is -0.444. The maximum absolute atomic E-state index is 12.0. The fourth-order valence-corrected chi connectivity index (χ4v) is 1.59. The molecule has 3 N–H and O–H groups in total. The number of aromatic nitrogens is 3. The van der Waals surface area contributed by atoms with Crippen molar-refractivity contribution < 1.29 is 14.7 Å². The number of aliphatic carboxylic acids is 1. The maximum Gasteiger partial charge on any atom is 0.315 e. The van der Waals surface area contributed by atoms with E-state index in [0.29, 0.717) is 12.4 Å². The highest BCUT2D eigenvalue weighted by molar-refractivity contribution is 5.79. The molecule has 118 valence electrons. The number of urea groups is 1. The van der Waals surface area contributed by atoms with Gasteiger partial charge in [-0.25, -0.2) is 4.79 Å². The summed E-state index contributed by atoms with van der Waals surface area (Å²) < 4.78 is 1.81.